The molecule has 0 spiro atoms. The van der Waals surface area contributed by atoms with Crippen LogP contribution in [-0.2, 0) is 13.9 Å². The summed E-state index contributed by atoms with van der Waals surface area (Å²) in [5.74, 6) is -0.296. The first-order chi connectivity index (χ1) is 18.3. The molecule has 1 unspecified atom stereocenters. The van der Waals surface area contributed by atoms with Crippen LogP contribution in [0.4, 0.5) is 0 Å². The van der Waals surface area contributed by atoms with Crippen molar-refractivity contribution in [2.45, 2.75) is 69.8 Å². The number of carbonyl (C=O) groups excluding carboxylic acids is 1. The Morgan fingerprint density at radius 1 is 0.842 bits per heavy atom. The van der Waals surface area contributed by atoms with E-state index in [4.69, 9.17) is 13.9 Å². The second-order valence-electron chi connectivity index (χ2n) is 11.1. The molecule has 0 radical (unpaired) electrons. The van der Waals surface area contributed by atoms with Crippen LogP contribution >= 0.6 is 0 Å². The topological polar surface area (TPSA) is 65.0 Å². The normalized spacial score (nSPS) is 19.1. The van der Waals surface area contributed by atoms with E-state index in [0.717, 1.165) is 19.3 Å². The smallest absolute Gasteiger partial charge is 0.338 e. The Hall–Kier alpha value is -2.77. The van der Waals surface area contributed by atoms with E-state index in [0.29, 0.717) is 12.0 Å². The van der Waals surface area contributed by atoms with Crippen LogP contribution in [0.25, 0.3) is 0 Å². The summed E-state index contributed by atoms with van der Waals surface area (Å²) in [5.41, 5.74) is 0.562. The molecule has 0 aromatic heterocycles. The van der Waals surface area contributed by atoms with E-state index in [1.54, 1.807) is 12.1 Å². The third-order valence-corrected chi connectivity index (χ3v) is 12.3. The maximum Gasteiger partial charge on any atom is 0.338 e. The molecule has 3 aromatic carbocycles. The Bertz CT molecular complexity index is 1090. The van der Waals surface area contributed by atoms with Crippen LogP contribution in [0.1, 0.15) is 56.8 Å². The number of esters is 1. The highest BCUT2D eigenvalue weighted by molar-refractivity contribution is 6.99. The van der Waals surface area contributed by atoms with E-state index < -0.39 is 14.4 Å². The summed E-state index contributed by atoms with van der Waals surface area (Å²) in [5, 5.41) is 13.2. The van der Waals surface area contributed by atoms with Gasteiger partial charge in [-0.15, -0.1) is 0 Å². The zero-order valence-electron chi connectivity index (χ0n) is 22.7. The highest BCUT2D eigenvalue weighted by Crippen LogP contribution is 2.36. The molecule has 1 aliphatic carbocycles. The lowest BCUT2D eigenvalue weighted by atomic mass is 9.94. The van der Waals surface area contributed by atoms with Crippen molar-refractivity contribution in [3.05, 3.63) is 96.6 Å². The summed E-state index contributed by atoms with van der Waals surface area (Å²) in [6, 6.07) is 29.9. The van der Waals surface area contributed by atoms with Crippen molar-refractivity contribution in [3.63, 3.8) is 0 Å². The lowest BCUT2D eigenvalue weighted by Gasteiger charge is -2.43. The number of hydrogen-bond acceptors (Lipinski definition) is 5. The molecule has 38 heavy (non-hydrogen) atoms. The van der Waals surface area contributed by atoms with E-state index in [1.165, 1.54) is 10.4 Å². The average molecular weight is 533 g/mol. The minimum Gasteiger partial charge on any atom is -0.459 e. The zero-order valence-corrected chi connectivity index (χ0v) is 23.7. The van der Waals surface area contributed by atoms with Gasteiger partial charge in [0.2, 0.25) is 0 Å². The standard InChI is InChI=1S/C32H40O5Si/c1-32(2,3)38(29-18-9-5-10-19-29,30-20-11-6-12-21-30)36-24-26(33)23-35-27-16-13-17-28(22-27)37-31(34)25-14-7-4-8-15-25/h4-12,14-15,18-21,26-28,33H,13,16-17,22-24H2,1-3H3/t26?,27-,28+/m0/s1. The second kappa shape index (κ2) is 12.9. The van der Waals surface area contributed by atoms with Gasteiger partial charge in [0.1, 0.15) is 6.10 Å². The van der Waals surface area contributed by atoms with Gasteiger partial charge in [0.15, 0.2) is 0 Å². The Morgan fingerprint density at radius 3 is 1.92 bits per heavy atom. The first-order valence-corrected chi connectivity index (χ1v) is 15.5. The summed E-state index contributed by atoms with van der Waals surface area (Å²) < 4.78 is 18.7. The van der Waals surface area contributed by atoms with Crippen LogP contribution in [0.2, 0.25) is 5.04 Å². The molecule has 4 rings (SSSR count). The van der Waals surface area contributed by atoms with Crippen molar-refractivity contribution < 1.29 is 23.8 Å². The van der Waals surface area contributed by atoms with Gasteiger partial charge < -0.3 is 19.0 Å². The van der Waals surface area contributed by atoms with Gasteiger partial charge in [0.05, 0.1) is 31.0 Å². The molecule has 5 nitrogen and oxygen atoms in total. The summed E-state index contributed by atoms with van der Waals surface area (Å²) >= 11 is 0. The van der Waals surface area contributed by atoms with Crippen molar-refractivity contribution in [2.75, 3.05) is 13.2 Å². The second-order valence-corrected chi connectivity index (χ2v) is 15.4. The molecule has 0 heterocycles. The van der Waals surface area contributed by atoms with Crippen LogP contribution in [0.5, 0.6) is 0 Å². The maximum atomic E-state index is 12.5. The third kappa shape index (κ3) is 6.80. The summed E-state index contributed by atoms with van der Waals surface area (Å²) in [6.45, 7) is 7.04. The number of aliphatic hydroxyl groups is 1. The van der Waals surface area contributed by atoms with Gasteiger partial charge >= 0.3 is 5.97 Å². The first kappa shape index (κ1) is 28.2. The molecule has 1 aliphatic rings. The van der Waals surface area contributed by atoms with E-state index >= 15 is 0 Å². The number of ether oxygens (including phenoxy) is 2. The predicted octanol–water partition coefficient (Wildman–Crippen LogP) is 5.11. The van der Waals surface area contributed by atoms with Crippen molar-refractivity contribution in [3.8, 4) is 0 Å². The largest absolute Gasteiger partial charge is 0.459 e. The lowest BCUT2D eigenvalue weighted by Crippen LogP contribution is -2.67. The Kier molecular flexibility index (Phi) is 9.55. The number of carbonyl (C=O) groups is 1. The highest BCUT2D eigenvalue weighted by Gasteiger charge is 2.50. The Morgan fingerprint density at radius 2 is 1.37 bits per heavy atom. The summed E-state index contributed by atoms with van der Waals surface area (Å²) in [7, 11) is -2.72. The molecular weight excluding hydrogens is 492 g/mol. The van der Waals surface area contributed by atoms with Crippen molar-refractivity contribution in [1.29, 1.82) is 0 Å². The molecule has 1 saturated carbocycles. The minimum atomic E-state index is -2.72. The number of rotatable bonds is 10. The Balaban J connectivity index is 1.37. The molecule has 202 valence electrons. The fraction of sp³-hybridized carbons (Fsp3) is 0.406. The Labute approximate surface area is 227 Å². The molecule has 0 saturated heterocycles. The minimum absolute atomic E-state index is 0.0557. The molecule has 6 heteroatoms. The van der Waals surface area contributed by atoms with E-state index in [1.807, 2.05) is 30.3 Å². The highest BCUT2D eigenvalue weighted by atomic mass is 28.4. The lowest BCUT2D eigenvalue weighted by molar-refractivity contribution is -0.0619. The molecule has 0 aliphatic heterocycles. The van der Waals surface area contributed by atoms with Crippen LogP contribution in [0.3, 0.4) is 0 Å². The quantitative estimate of drug-likeness (QED) is 0.290. The monoisotopic (exact) mass is 532 g/mol. The van der Waals surface area contributed by atoms with Crippen LogP contribution < -0.4 is 10.4 Å². The van der Waals surface area contributed by atoms with Gasteiger partial charge in [-0.2, -0.15) is 0 Å². The fourth-order valence-electron chi connectivity index (χ4n) is 5.43. The molecule has 3 aromatic rings. The molecule has 0 amide bonds. The van der Waals surface area contributed by atoms with Gasteiger partial charge in [0, 0.05) is 6.42 Å². The van der Waals surface area contributed by atoms with E-state index in [2.05, 4.69) is 69.3 Å². The van der Waals surface area contributed by atoms with Crippen molar-refractivity contribution >= 4 is 24.7 Å². The number of benzene rings is 3. The van der Waals surface area contributed by atoms with Crippen LogP contribution in [-0.4, -0.2) is 50.9 Å². The van der Waals surface area contributed by atoms with Gasteiger partial charge in [0.25, 0.3) is 8.32 Å². The fourth-order valence-corrected chi connectivity index (χ4v) is 10.0. The van der Waals surface area contributed by atoms with Gasteiger partial charge in [-0.25, -0.2) is 4.79 Å². The SMILES string of the molecule is CC(C)(C)[Si](OCC(O)CO[C@H]1CCC[C@@H](OC(=O)c2ccccc2)C1)(c1ccccc1)c1ccccc1. The number of aliphatic hydroxyl groups excluding tert-OH is 1. The number of hydrogen-bond donors (Lipinski definition) is 1. The third-order valence-electron chi connectivity index (χ3n) is 7.29. The van der Waals surface area contributed by atoms with Crippen molar-refractivity contribution in [1.82, 2.24) is 0 Å². The molecule has 3 atom stereocenters. The van der Waals surface area contributed by atoms with E-state index in [-0.39, 0.29) is 36.4 Å². The summed E-state index contributed by atoms with van der Waals surface area (Å²) in [4.78, 5) is 12.5. The predicted molar refractivity (Wildman–Crippen MR) is 153 cm³/mol. The average Bonchev–Trinajstić information content (AvgIpc) is 2.93. The van der Waals surface area contributed by atoms with Crippen LogP contribution in [0.15, 0.2) is 91.0 Å². The zero-order chi connectivity index (χ0) is 27.0. The first-order valence-electron chi connectivity index (χ1n) is 13.6. The maximum absolute atomic E-state index is 12.5. The molecular formula is C32H40O5Si. The van der Waals surface area contributed by atoms with Gasteiger partial charge in [-0.05, 0) is 46.8 Å². The molecule has 0 bridgehead atoms. The summed E-state index contributed by atoms with van der Waals surface area (Å²) in [6.07, 6.45) is 2.29. The van der Waals surface area contributed by atoms with Crippen LogP contribution in [0, 0.1) is 0 Å². The van der Waals surface area contributed by atoms with Crippen molar-refractivity contribution in [2.24, 2.45) is 0 Å². The van der Waals surface area contributed by atoms with E-state index in [9.17, 15) is 9.90 Å². The molecule has 1 fully saturated rings. The molecule has 1 N–H and O–H groups in total. The van der Waals surface area contributed by atoms with Gasteiger partial charge in [-0.1, -0.05) is 99.6 Å². The van der Waals surface area contributed by atoms with Gasteiger partial charge in [-0.3, -0.25) is 0 Å².